The molecule has 1 amide bonds. The molecule has 2 aromatic carbocycles. The summed E-state index contributed by atoms with van der Waals surface area (Å²) in [4.78, 5) is 24.8. The summed E-state index contributed by atoms with van der Waals surface area (Å²) in [6.45, 7) is 12.7. The number of amides is 1. The molecule has 5 rings (SSSR count). The van der Waals surface area contributed by atoms with Crippen molar-refractivity contribution in [1.82, 2.24) is 14.9 Å². The predicted molar refractivity (Wildman–Crippen MR) is 156 cm³/mol. The van der Waals surface area contributed by atoms with Crippen LogP contribution in [-0.2, 0) is 14.8 Å². The number of aryl methyl sites for hydroxylation is 2. The summed E-state index contributed by atoms with van der Waals surface area (Å²) in [6.07, 6.45) is 1.18. The second-order valence-corrected chi connectivity index (χ2v) is 13.7. The maximum absolute atomic E-state index is 13.4. The van der Waals surface area contributed by atoms with Crippen LogP contribution in [0, 0.1) is 25.2 Å². The molecule has 2 atom stereocenters. The summed E-state index contributed by atoms with van der Waals surface area (Å²) >= 11 is 0. The van der Waals surface area contributed by atoms with E-state index < -0.39 is 10.0 Å². The number of rotatable bonds is 3. The molecule has 0 unspecified atom stereocenters. The van der Waals surface area contributed by atoms with Crippen LogP contribution in [0.25, 0.3) is 11.3 Å². The first-order valence-electron chi connectivity index (χ1n) is 13.6. The van der Waals surface area contributed by atoms with Crippen molar-refractivity contribution in [1.29, 1.82) is 0 Å². The van der Waals surface area contributed by atoms with Gasteiger partial charge in [-0.2, -0.15) is 4.98 Å². The Kier molecular flexibility index (Phi) is 7.58. The van der Waals surface area contributed by atoms with Gasteiger partial charge in [0.05, 0.1) is 16.5 Å². The number of hydrogen-bond donors (Lipinski definition) is 2. The number of fused-ring (bicyclic) bond motifs is 6. The lowest BCUT2D eigenvalue weighted by molar-refractivity contribution is -0.123. The highest BCUT2D eigenvalue weighted by Crippen LogP contribution is 2.32. The van der Waals surface area contributed by atoms with E-state index in [1.807, 2.05) is 32.0 Å². The number of nitrogens with one attached hydrogen (secondary N) is 2. The molecule has 212 valence electrons. The molecule has 2 N–H and O–H groups in total. The van der Waals surface area contributed by atoms with Crippen LogP contribution in [0.1, 0.15) is 44.7 Å². The monoisotopic (exact) mass is 563 g/mol. The van der Waals surface area contributed by atoms with E-state index in [1.54, 1.807) is 18.2 Å². The highest BCUT2D eigenvalue weighted by molar-refractivity contribution is 7.92. The van der Waals surface area contributed by atoms with Gasteiger partial charge < -0.3 is 10.1 Å². The molecule has 1 saturated heterocycles. The normalized spacial score (nSPS) is 21.0. The number of ether oxygens (including phenoxy) is 1. The third kappa shape index (κ3) is 6.45. The predicted octanol–water partition coefficient (Wildman–Crippen LogP) is 5.02. The smallest absolute Gasteiger partial charge is 0.264 e. The largest absolute Gasteiger partial charge is 0.473 e. The van der Waals surface area contributed by atoms with Gasteiger partial charge in [0, 0.05) is 30.4 Å². The Morgan fingerprint density at radius 1 is 1.02 bits per heavy atom. The van der Waals surface area contributed by atoms with Crippen LogP contribution in [0.15, 0.2) is 53.4 Å². The second kappa shape index (κ2) is 10.8. The van der Waals surface area contributed by atoms with E-state index in [4.69, 9.17) is 4.74 Å². The average Bonchev–Trinajstić information content (AvgIpc) is 2.86. The summed E-state index contributed by atoms with van der Waals surface area (Å²) in [6, 6.07) is 13.9. The summed E-state index contributed by atoms with van der Waals surface area (Å²) in [7, 11) is -4.04. The molecule has 6 bridgehead atoms. The molecule has 0 spiro atoms. The van der Waals surface area contributed by atoms with Gasteiger partial charge in [-0.3, -0.25) is 9.69 Å². The minimum Gasteiger partial charge on any atom is -0.473 e. The van der Waals surface area contributed by atoms with Gasteiger partial charge in [0.15, 0.2) is 0 Å². The van der Waals surface area contributed by atoms with Crippen LogP contribution < -0.4 is 14.8 Å². The lowest BCUT2D eigenvalue weighted by Gasteiger charge is -2.38. The fraction of sp³-hybridized carbons (Fsp3) is 0.433. The number of hydrogen-bond acceptors (Lipinski definition) is 7. The van der Waals surface area contributed by atoms with E-state index in [1.165, 1.54) is 12.1 Å². The van der Waals surface area contributed by atoms with Gasteiger partial charge in [-0.05, 0) is 68.0 Å². The van der Waals surface area contributed by atoms with Crippen LogP contribution in [0.5, 0.6) is 5.88 Å². The zero-order chi connectivity index (χ0) is 28.7. The van der Waals surface area contributed by atoms with Crippen LogP contribution >= 0.6 is 0 Å². The second-order valence-electron chi connectivity index (χ2n) is 12.0. The molecule has 9 nitrogen and oxygen atoms in total. The van der Waals surface area contributed by atoms with Gasteiger partial charge in [0.25, 0.3) is 10.0 Å². The lowest BCUT2D eigenvalue weighted by Crippen LogP contribution is -2.49. The number of likely N-dealkylation sites (tertiary alicyclic amines) is 1. The van der Waals surface area contributed by atoms with Gasteiger partial charge >= 0.3 is 0 Å². The minimum absolute atomic E-state index is 0.000715. The van der Waals surface area contributed by atoms with Crippen molar-refractivity contribution < 1.29 is 17.9 Å². The summed E-state index contributed by atoms with van der Waals surface area (Å²) in [5.74, 6) is -0.302. The van der Waals surface area contributed by atoms with E-state index in [0.717, 1.165) is 29.7 Å². The average molecular weight is 564 g/mol. The van der Waals surface area contributed by atoms with Gasteiger partial charge in [0.1, 0.15) is 6.10 Å². The standard InChI is InChI=1S/C30H37N5O4S/c1-19-8-6-9-20(2)27(19)25-16-26-33-29(32-25)34-40(37,38)24-11-7-10-22(15-24)31-28(36)21-14-23(39-26)18-35(17-21)13-12-30(3,4)5/h6-11,15-16,21,23H,12-14,17-18H2,1-5H3,(H,31,36)(H,32,33,34)/t21-,23+/m1/s1. The van der Waals surface area contributed by atoms with Gasteiger partial charge in [-0.15, -0.1) is 0 Å². The maximum Gasteiger partial charge on any atom is 0.264 e. The molecule has 1 fully saturated rings. The highest BCUT2D eigenvalue weighted by atomic mass is 32.2. The molecule has 3 heterocycles. The van der Waals surface area contributed by atoms with Crippen molar-refractivity contribution in [3.8, 4) is 17.1 Å². The fourth-order valence-corrected chi connectivity index (χ4v) is 6.29. The van der Waals surface area contributed by atoms with E-state index in [-0.39, 0.29) is 40.1 Å². The van der Waals surface area contributed by atoms with E-state index >= 15 is 0 Å². The summed E-state index contributed by atoms with van der Waals surface area (Å²) in [5, 5.41) is 2.93. The SMILES string of the molecule is Cc1cccc(C)c1-c1cc2nc(n1)NS(=O)(=O)c1cccc(c1)NC(=O)[C@@H]1C[C@@H](CN(CCC(C)(C)C)C1)O2. The molecule has 2 aliphatic rings. The first-order valence-corrected chi connectivity index (χ1v) is 15.1. The summed E-state index contributed by atoms with van der Waals surface area (Å²) < 4.78 is 35.7. The number of anilines is 2. The number of piperidine rings is 1. The van der Waals surface area contributed by atoms with Crippen molar-refractivity contribution in [2.45, 2.75) is 58.5 Å². The Bertz CT molecular complexity index is 1510. The Morgan fingerprint density at radius 3 is 2.48 bits per heavy atom. The molecule has 0 saturated carbocycles. The maximum atomic E-state index is 13.4. The third-order valence-electron chi connectivity index (χ3n) is 7.40. The third-order valence-corrected chi connectivity index (χ3v) is 8.73. The molecular formula is C30H37N5O4S. The fourth-order valence-electron chi connectivity index (χ4n) is 5.30. The Morgan fingerprint density at radius 2 is 1.75 bits per heavy atom. The molecule has 10 heteroatoms. The zero-order valence-electron chi connectivity index (χ0n) is 23.7. The highest BCUT2D eigenvalue weighted by Gasteiger charge is 2.34. The topological polar surface area (TPSA) is 114 Å². The van der Waals surface area contributed by atoms with Gasteiger partial charge in [0.2, 0.25) is 17.7 Å². The van der Waals surface area contributed by atoms with Crippen LogP contribution in [-0.4, -0.2) is 54.9 Å². The molecule has 40 heavy (non-hydrogen) atoms. The summed E-state index contributed by atoms with van der Waals surface area (Å²) in [5.41, 5.74) is 4.04. The molecular weight excluding hydrogens is 526 g/mol. The van der Waals surface area contributed by atoms with Crippen molar-refractivity contribution in [2.24, 2.45) is 11.3 Å². The molecule has 0 aliphatic carbocycles. The van der Waals surface area contributed by atoms with E-state index in [9.17, 15) is 13.2 Å². The van der Waals surface area contributed by atoms with Gasteiger partial charge in [-0.25, -0.2) is 18.1 Å². The first-order chi connectivity index (χ1) is 18.9. The Hall–Kier alpha value is -3.50. The van der Waals surface area contributed by atoms with Crippen LogP contribution in [0.4, 0.5) is 11.6 Å². The zero-order valence-corrected chi connectivity index (χ0v) is 24.5. The number of sulfonamides is 1. The van der Waals surface area contributed by atoms with Gasteiger partial charge in [-0.1, -0.05) is 45.0 Å². The van der Waals surface area contributed by atoms with E-state index in [0.29, 0.717) is 30.9 Å². The van der Waals surface area contributed by atoms with Crippen molar-refractivity contribution in [2.75, 3.05) is 29.7 Å². The van der Waals surface area contributed by atoms with E-state index in [2.05, 4.69) is 45.7 Å². The Labute approximate surface area is 236 Å². The number of aromatic nitrogens is 2. The molecule has 1 aromatic heterocycles. The number of nitrogens with zero attached hydrogens (tertiary/aromatic N) is 3. The van der Waals surface area contributed by atoms with Crippen molar-refractivity contribution >= 4 is 27.6 Å². The first kappa shape index (κ1) is 28.0. The van der Waals surface area contributed by atoms with Crippen LogP contribution in [0.3, 0.4) is 0 Å². The lowest BCUT2D eigenvalue weighted by atomic mass is 9.90. The van der Waals surface area contributed by atoms with Crippen LogP contribution in [0.2, 0.25) is 0 Å². The number of carbonyl (C=O) groups excluding carboxylic acids is 1. The number of carbonyl (C=O) groups is 1. The minimum atomic E-state index is -4.04. The van der Waals surface area contributed by atoms with Crippen molar-refractivity contribution in [3.63, 3.8) is 0 Å². The molecule has 0 radical (unpaired) electrons. The molecule has 2 aliphatic heterocycles. The quantitative estimate of drug-likeness (QED) is 0.460. The van der Waals surface area contributed by atoms with Crippen molar-refractivity contribution in [3.05, 3.63) is 59.7 Å². The Balaban J connectivity index is 1.60. The number of benzene rings is 2. The molecule has 3 aromatic rings.